The maximum atomic E-state index is 13.8. The lowest BCUT2D eigenvalue weighted by Gasteiger charge is -2.32. The van der Waals surface area contributed by atoms with E-state index in [4.69, 9.17) is 19.4 Å². The molecule has 0 bridgehead atoms. The summed E-state index contributed by atoms with van der Waals surface area (Å²) < 4.78 is 12.2. The fraction of sp³-hybridized carbons (Fsp3) is 0.396. The highest BCUT2D eigenvalue weighted by Gasteiger charge is 2.25. The number of fused-ring (bicyclic) bond motifs is 2. The van der Waals surface area contributed by atoms with Crippen LogP contribution in [0.2, 0.25) is 0 Å². The molecule has 10 heteroatoms. The fourth-order valence-electron chi connectivity index (χ4n) is 8.61. The van der Waals surface area contributed by atoms with E-state index in [2.05, 4.69) is 75.8 Å². The summed E-state index contributed by atoms with van der Waals surface area (Å²) in [5, 5.41) is 3.01. The van der Waals surface area contributed by atoms with Crippen molar-refractivity contribution in [1.29, 1.82) is 0 Å². The average Bonchev–Trinajstić information content (AvgIpc) is 3.28. The van der Waals surface area contributed by atoms with E-state index in [0.29, 0.717) is 38.5 Å². The minimum atomic E-state index is -0.205. The van der Waals surface area contributed by atoms with Gasteiger partial charge in [-0.15, -0.1) is 0 Å². The van der Waals surface area contributed by atoms with Gasteiger partial charge in [0.15, 0.2) is 0 Å². The quantitative estimate of drug-likeness (QED) is 0.157. The number of nitrogens with one attached hydrogen (secondary N) is 1. The van der Waals surface area contributed by atoms with E-state index >= 15 is 0 Å². The Morgan fingerprint density at radius 1 is 0.651 bits per heavy atom. The summed E-state index contributed by atoms with van der Waals surface area (Å²) in [5.41, 5.74) is 9.76. The molecule has 0 radical (unpaired) electrons. The number of amides is 2. The molecule has 2 aliphatic rings. The molecule has 1 N–H and O–H groups in total. The number of hydrogen-bond acceptors (Lipinski definition) is 8. The summed E-state index contributed by atoms with van der Waals surface area (Å²) in [6, 6.07) is 36.3. The second-order valence-corrected chi connectivity index (χ2v) is 16.7. The van der Waals surface area contributed by atoms with Crippen molar-refractivity contribution in [3.05, 3.63) is 160 Å². The lowest BCUT2D eigenvalue weighted by Crippen LogP contribution is -2.35. The maximum absolute atomic E-state index is 13.8. The van der Waals surface area contributed by atoms with Crippen molar-refractivity contribution in [2.24, 2.45) is 0 Å². The number of para-hydroxylation sites is 1. The average molecular weight is 849 g/mol. The van der Waals surface area contributed by atoms with Crippen LogP contribution in [-0.2, 0) is 27.4 Å². The Bertz CT molecular complexity index is 2240. The first-order valence-corrected chi connectivity index (χ1v) is 22.9. The zero-order chi connectivity index (χ0) is 43.6. The standard InChI is InChI=1S/C53H64N6O4/c1-41-15-13-20-48(55-41)40-57-31-11-5-3-4-6-12-32-58(34-36-63-38-37-62-35-33-57)52(49-21-14-16-42(2)56-49)45-25-27-46(28-26-45)53(61)54-30-29-51(60)59-39-47-19-8-7-17-43(47)23-24-44-18-9-10-22-50(44)59/h7-10,13-28,52H,3-6,11-12,29-40H2,1-2H3,(H,54,61)/b24-23-. The summed E-state index contributed by atoms with van der Waals surface area (Å²) in [5.74, 6) is -0.245. The molecule has 0 aliphatic carbocycles. The van der Waals surface area contributed by atoms with Gasteiger partial charge in [-0.05, 0) is 104 Å². The van der Waals surface area contributed by atoms with E-state index in [0.717, 1.165) is 103 Å². The lowest BCUT2D eigenvalue weighted by molar-refractivity contribution is -0.118. The number of anilines is 1. The third-order valence-corrected chi connectivity index (χ3v) is 12.0. The number of benzene rings is 3. The van der Waals surface area contributed by atoms with Crippen LogP contribution in [0.1, 0.15) is 106 Å². The van der Waals surface area contributed by atoms with Crippen LogP contribution in [0, 0.1) is 13.8 Å². The van der Waals surface area contributed by atoms with E-state index in [1.165, 1.54) is 19.3 Å². The van der Waals surface area contributed by atoms with Crippen LogP contribution in [0.15, 0.2) is 109 Å². The number of hydrogen-bond donors (Lipinski definition) is 1. The van der Waals surface area contributed by atoms with Crippen molar-refractivity contribution in [3.63, 3.8) is 0 Å². The Hall–Kier alpha value is -5.52. The van der Waals surface area contributed by atoms with Crippen LogP contribution in [0.3, 0.4) is 0 Å². The van der Waals surface area contributed by atoms with E-state index in [9.17, 15) is 9.59 Å². The molecule has 0 saturated carbocycles. The molecule has 1 fully saturated rings. The zero-order valence-corrected chi connectivity index (χ0v) is 37.2. The number of rotatable bonds is 9. The summed E-state index contributed by atoms with van der Waals surface area (Å²) in [7, 11) is 0. The molecule has 5 aromatic rings. The van der Waals surface area contributed by atoms with Gasteiger partial charge in [0.05, 0.1) is 56.1 Å². The summed E-state index contributed by atoms with van der Waals surface area (Å²) >= 11 is 0. The predicted molar refractivity (Wildman–Crippen MR) is 252 cm³/mol. The number of carbonyl (C=O) groups excluding carboxylic acids is 2. The first-order valence-electron chi connectivity index (χ1n) is 22.9. The molecule has 4 heterocycles. The van der Waals surface area contributed by atoms with Crippen molar-refractivity contribution >= 4 is 29.7 Å². The molecule has 1 unspecified atom stereocenters. The number of ether oxygens (including phenoxy) is 2. The van der Waals surface area contributed by atoms with E-state index in [1.54, 1.807) is 0 Å². The topological polar surface area (TPSA) is 100 Å². The molecule has 2 amide bonds. The van der Waals surface area contributed by atoms with Gasteiger partial charge in [-0.2, -0.15) is 0 Å². The molecule has 2 aliphatic heterocycles. The first-order chi connectivity index (χ1) is 30.9. The Balaban J connectivity index is 0.969. The molecule has 1 saturated heterocycles. The van der Waals surface area contributed by atoms with E-state index in [1.807, 2.05) is 79.4 Å². The van der Waals surface area contributed by atoms with Gasteiger partial charge in [0.25, 0.3) is 5.91 Å². The molecule has 2 aromatic heterocycles. The van der Waals surface area contributed by atoms with Gasteiger partial charge in [-0.3, -0.25) is 29.4 Å². The van der Waals surface area contributed by atoms with Crippen LogP contribution in [0.5, 0.6) is 0 Å². The van der Waals surface area contributed by atoms with Crippen molar-refractivity contribution in [2.45, 2.75) is 77.9 Å². The van der Waals surface area contributed by atoms with Crippen molar-refractivity contribution < 1.29 is 19.1 Å². The number of nitrogens with zero attached hydrogens (tertiary/aromatic N) is 5. The minimum absolute atomic E-state index is 0.0404. The van der Waals surface area contributed by atoms with Crippen molar-refractivity contribution in [1.82, 2.24) is 25.1 Å². The van der Waals surface area contributed by atoms with E-state index < -0.39 is 0 Å². The van der Waals surface area contributed by atoms with Crippen molar-refractivity contribution in [3.8, 4) is 0 Å². The Kier molecular flexibility index (Phi) is 17.2. The number of aryl methyl sites for hydroxylation is 2. The third kappa shape index (κ3) is 13.5. The molecule has 10 nitrogen and oxygen atoms in total. The Morgan fingerprint density at radius 3 is 2.10 bits per heavy atom. The molecule has 7 rings (SSSR count). The van der Waals surface area contributed by atoms with Gasteiger partial charge in [-0.25, -0.2) is 0 Å². The highest BCUT2D eigenvalue weighted by molar-refractivity contribution is 5.98. The van der Waals surface area contributed by atoms with Gasteiger partial charge in [-0.1, -0.05) is 105 Å². The molecule has 3 aromatic carbocycles. The third-order valence-electron chi connectivity index (χ3n) is 12.0. The maximum Gasteiger partial charge on any atom is 0.251 e. The number of aromatic nitrogens is 2. The molecular weight excluding hydrogens is 785 g/mol. The summed E-state index contributed by atoms with van der Waals surface area (Å²) in [4.78, 5) is 43.9. The number of carbonyl (C=O) groups is 2. The molecule has 330 valence electrons. The Labute approximate surface area is 374 Å². The van der Waals surface area contributed by atoms with Crippen LogP contribution in [0.4, 0.5) is 5.69 Å². The monoisotopic (exact) mass is 848 g/mol. The van der Waals surface area contributed by atoms with Crippen LogP contribution in [-0.4, -0.2) is 90.7 Å². The highest BCUT2D eigenvalue weighted by atomic mass is 16.5. The second-order valence-electron chi connectivity index (χ2n) is 16.7. The van der Waals surface area contributed by atoms with Crippen LogP contribution < -0.4 is 10.2 Å². The number of pyridine rings is 2. The van der Waals surface area contributed by atoms with Crippen LogP contribution >= 0.6 is 0 Å². The zero-order valence-electron chi connectivity index (χ0n) is 37.2. The molecule has 0 spiro atoms. The summed E-state index contributed by atoms with van der Waals surface area (Å²) in [6.45, 7) is 11.5. The van der Waals surface area contributed by atoms with Crippen LogP contribution in [0.25, 0.3) is 12.2 Å². The smallest absolute Gasteiger partial charge is 0.251 e. The minimum Gasteiger partial charge on any atom is -0.378 e. The second kappa shape index (κ2) is 23.8. The van der Waals surface area contributed by atoms with Gasteiger partial charge >= 0.3 is 0 Å². The molecular formula is C53H64N6O4. The molecule has 63 heavy (non-hydrogen) atoms. The predicted octanol–water partition coefficient (Wildman–Crippen LogP) is 9.21. The van der Waals surface area contributed by atoms with Crippen molar-refractivity contribution in [2.75, 3.05) is 64.1 Å². The van der Waals surface area contributed by atoms with Gasteiger partial charge < -0.3 is 19.7 Å². The SMILES string of the molecule is Cc1cccc(CN2CCCCCCCCN(C(c3ccc(C(=O)NCCC(=O)N4Cc5ccccc5/C=C\c5ccccc54)cc3)c3cccc(C)n3)CCOCCOCC2)n1. The highest BCUT2D eigenvalue weighted by Crippen LogP contribution is 2.31. The normalized spacial score (nSPS) is 17.5. The molecule has 1 atom stereocenters. The van der Waals surface area contributed by atoms with Gasteiger partial charge in [0.1, 0.15) is 0 Å². The summed E-state index contributed by atoms with van der Waals surface area (Å²) in [6.07, 6.45) is 11.4. The first kappa shape index (κ1) is 45.5. The largest absolute Gasteiger partial charge is 0.378 e. The van der Waals surface area contributed by atoms with Gasteiger partial charge in [0.2, 0.25) is 5.91 Å². The lowest BCUT2D eigenvalue weighted by atomic mass is 9.98. The fourth-order valence-corrected chi connectivity index (χ4v) is 8.61. The Morgan fingerprint density at radius 2 is 1.32 bits per heavy atom. The van der Waals surface area contributed by atoms with E-state index in [-0.39, 0.29) is 30.8 Å². The van der Waals surface area contributed by atoms with Gasteiger partial charge in [0, 0.05) is 49.6 Å².